The number of thiophene rings is 1. The molecule has 0 aromatic carbocycles. The van der Waals surface area contributed by atoms with Crippen molar-refractivity contribution in [1.82, 2.24) is 14.9 Å². The molecule has 0 bridgehead atoms. The molecule has 1 amide bonds. The number of thioether (sulfide) groups is 1. The molecule has 0 saturated carbocycles. The molecule has 1 fully saturated rings. The molecule has 3 rings (SSSR count). The van der Waals surface area contributed by atoms with Crippen molar-refractivity contribution >= 4 is 51.0 Å². The van der Waals surface area contributed by atoms with Gasteiger partial charge in [0.15, 0.2) is 5.16 Å². The Bertz CT molecular complexity index is 962. The van der Waals surface area contributed by atoms with Gasteiger partial charge in [0.05, 0.1) is 18.2 Å². The Hall–Kier alpha value is -2.31. The number of ether oxygens (including phenoxy) is 1. The highest BCUT2D eigenvalue weighted by Gasteiger charge is 2.24. The Kier molecular flexibility index (Phi) is 8.55. The number of unbranched alkanes of at least 4 members (excludes halogenated alkanes) is 2. The highest BCUT2D eigenvalue weighted by atomic mass is 32.2. The van der Waals surface area contributed by atoms with Gasteiger partial charge >= 0.3 is 5.97 Å². The van der Waals surface area contributed by atoms with E-state index >= 15 is 0 Å². The van der Waals surface area contributed by atoms with Gasteiger partial charge in [-0.2, -0.15) is 0 Å². The molecule has 2 aromatic rings. The van der Waals surface area contributed by atoms with E-state index in [1.807, 2.05) is 4.90 Å². The average molecular weight is 461 g/mol. The van der Waals surface area contributed by atoms with Crippen molar-refractivity contribution in [1.29, 1.82) is 0 Å². The first-order chi connectivity index (χ1) is 15.0. The van der Waals surface area contributed by atoms with E-state index in [9.17, 15) is 9.59 Å². The number of aromatic nitrogens is 2. The number of hydrogen-bond acceptors (Lipinski definition) is 8. The number of hydrogen-bond donors (Lipinski definition) is 0. The molecule has 3 heterocycles. The number of terminal acetylenes is 1. The number of nitrogens with zero attached hydrogens (tertiary/aromatic N) is 4. The summed E-state index contributed by atoms with van der Waals surface area (Å²) < 4.78 is 4.73. The molecule has 0 aliphatic carbocycles. The van der Waals surface area contributed by atoms with E-state index in [1.54, 1.807) is 11.3 Å². The molecule has 1 saturated heterocycles. The number of esters is 1. The lowest BCUT2D eigenvalue weighted by atomic mass is 10.1. The predicted molar refractivity (Wildman–Crippen MR) is 126 cm³/mol. The van der Waals surface area contributed by atoms with Gasteiger partial charge in [0, 0.05) is 43.9 Å². The largest absolute Gasteiger partial charge is 0.468 e. The summed E-state index contributed by atoms with van der Waals surface area (Å²) in [5.41, 5.74) is 0. The van der Waals surface area contributed by atoms with Gasteiger partial charge in [0.1, 0.15) is 10.6 Å². The molecule has 0 atom stereocenters. The third kappa shape index (κ3) is 6.11. The van der Waals surface area contributed by atoms with Crippen LogP contribution in [0.2, 0.25) is 0 Å². The quantitative estimate of drug-likeness (QED) is 0.187. The van der Waals surface area contributed by atoms with Crippen LogP contribution in [0.5, 0.6) is 0 Å². The van der Waals surface area contributed by atoms with Gasteiger partial charge in [-0.25, -0.2) is 9.97 Å². The highest BCUT2D eigenvalue weighted by molar-refractivity contribution is 7.99. The van der Waals surface area contributed by atoms with Gasteiger partial charge in [-0.15, -0.1) is 23.7 Å². The van der Waals surface area contributed by atoms with Gasteiger partial charge in [0.2, 0.25) is 5.91 Å². The van der Waals surface area contributed by atoms with Crippen molar-refractivity contribution in [2.24, 2.45) is 0 Å². The van der Waals surface area contributed by atoms with Crippen molar-refractivity contribution < 1.29 is 14.3 Å². The monoisotopic (exact) mass is 460 g/mol. The van der Waals surface area contributed by atoms with Crippen LogP contribution in [0.3, 0.4) is 0 Å². The SMILES string of the molecule is C#CCCCCC(=O)N1CCN(c2nc(SCC(=O)OC)nc3sc(CC)cc23)CC1. The van der Waals surface area contributed by atoms with Gasteiger partial charge in [-0.1, -0.05) is 18.7 Å². The minimum absolute atomic E-state index is 0.176. The standard InChI is InChI=1S/C22H28N4O3S2/c1-4-6-7-8-9-18(27)25-10-12-26(13-11-25)20-17-14-16(5-2)31-21(17)24-22(23-20)30-15-19(28)29-3/h1,14H,5-13,15H2,2-3H3. The smallest absolute Gasteiger partial charge is 0.316 e. The Morgan fingerprint density at radius 1 is 1.26 bits per heavy atom. The summed E-state index contributed by atoms with van der Waals surface area (Å²) in [6.07, 6.45) is 9.22. The summed E-state index contributed by atoms with van der Waals surface area (Å²) in [6, 6.07) is 2.16. The zero-order chi connectivity index (χ0) is 22.2. The zero-order valence-corrected chi connectivity index (χ0v) is 19.7. The van der Waals surface area contributed by atoms with Crippen molar-refractivity contribution in [3.05, 3.63) is 10.9 Å². The van der Waals surface area contributed by atoms with Crippen LogP contribution < -0.4 is 4.90 Å². The van der Waals surface area contributed by atoms with Gasteiger partial charge in [0.25, 0.3) is 0 Å². The molecule has 31 heavy (non-hydrogen) atoms. The van der Waals surface area contributed by atoms with Crippen molar-refractivity contribution in [2.45, 2.75) is 44.2 Å². The first kappa shape index (κ1) is 23.4. The van der Waals surface area contributed by atoms with Gasteiger partial charge < -0.3 is 14.5 Å². The number of aryl methyl sites for hydroxylation is 1. The van der Waals surface area contributed by atoms with E-state index in [4.69, 9.17) is 16.1 Å². The highest BCUT2D eigenvalue weighted by Crippen LogP contribution is 2.33. The molecule has 0 spiro atoms. The van der Waals surface area contributed by atoms with E-state index in [2.05, 4.69) is 28.8 Å². The number of fused-ring (bicyclic) bond motifs is 1. The molecule has 1 aliphatic heterocycles. The first-order valence-electron chi connectivity index (χ1n) is 10.5. The number of piperazine rings is 1. The maximum Gasteiger partial charge on any atom is 0.316 e. The maximum absolute atomic E-state index is 12.5. The molecule has 166 valence electrons. The third-order valence-electron chi connectivity index (χ3n) is 5.19. The number of rotatable bonds is 9. The molecule has 1 aliphatic rings. The second kappa shape index (κ2) is 11.3. The molecule has 0 unspecified atom stereocenters. The lowest BCUT2D eigenvalue weighted by molar-refractivity contribution is -0.137. The van der Waals surface area contributed by atoms with Crippen LogP contribution in [-0.2, 0) is 20.7 Å². The topological polar surface area (TPSA) is 75.6 Å². The summed E-state index contributed by atoms with van der Waals surface area (Å²) in [5.74, 6) is 3.57. The van der Waals surface area contributed by atoms with Gasteiger partial charge in [-0.3, -0.25) is 9.59 Å². The van der Waals surface area contributed by atoms with Crippen molar-refractivity contribution in [3.8, 4) is 12.3 Å². The second-order valence-electron chi connectivity index (χ2n) is 7.26. The normalized spacial score (nSPS) is 14.0. The molecular formula is C22H28N4O3S2. The summed E-state index contributed by atoms with van der Waals surface area (Å²) in [5, 5.41) is 1.61. The summed E-state index contributed by atoms with van der Waals surface area (Å²) >= 11 is 2.95. The zero-order valence-electron chi connectivity index (χ0n) is 18.1. The number of anilines is 1. The molecule has 2 aromatic heterocycles. The van der Waals surface area contributed by atoms with Crippen LogP contribution in [0.25, 0.3) is 10.2 Å². The molecule has 0 N–H and O–H groups in total. The van der Waals surface area contributed by atoms with Crippen LogP contribution in [0.1, 0.15) is 37.5 Å². The summed E-state index contributed by atoms with van der Waals surface area (Å²) in [7, 11) is 1.38. The van der Waals surface area contributed by atoms with Crippen LogP contribution in [0.4, 0.5) is 5.82 Å². The fourth-order valence-electron chi connectivity index (χ4n) is 3.43. The van der Waals surface area contributed by atoms with Gasteiger partial charge in [-0.05, 0) is 25.3 Å². The molecule has 0 radical (unpaired) electrons. The minimum Gasteiger partial charge on any atom is -0.468 e. The predicted octanol–water partition coefficient (Wildman–Crippen LogP) is 3.36. The van der Waals surface area contributed by atoms with Crippen LogP contribution in [0.15, 0.2) is 11.2 Å². The minimum atomic E-state index is -0.301. The number of carbonyl (C=O) groups is 2. The van der Waals surface area contributed by atoms with Crippen LogP contribution in [-0.4, -0.2) is 65.8 Å². The Morgan fingerprint density at radius 3 is 2.71 bits per heavy atom. The van der Waals surface area contributed by atoms with Crippen molar-refractivity contribution in [2.75, 3.05) is 43.9 Å². The average Bonchev–Trinajstić information content (AvgIpc) is 3.23. The third-order valence-corrected chi connectivity index (χ3v) is 7.19. The van der Waals surface area contributed by atoms with E-state index in [1.165, 1.54) is 23.7 Å². The Morgan fingerprint density at radius 2 is 2.03 bits per heavy atom. The number of methoxy groups -OCH3 is 1. The molecule has 9 heteroatoms. The van der Waals surface area contributed by atoms with E-state index in [-0.39, 0.29) is 17.6 Å². The fourth-order valence-corrected chi connectivity index (χ4v) is 5.12. The lowest BCUT2D eigenvalue weighted by Gasteiger charge is -2.35. The number of carbonyl (C=O) groups excluding carboxylic acids is 2. The Balaban J connectivity index is 1.71. The van der Waals surface area contributed by atoms with E-state index < -0.39 is 0 Å². The van der Waals surface area contributed by atoms with E-state index in [0.29, 0.717) is 24.7 Å². The second-order valence-corrected chi connectivity index (χ2v) is 9.32. The maximum atomic E-state index is 12.5. The summed E-state index contributed by atoms with van der Waals surface area (Å²) in [4.78, 5) is 39.8. The first-order valence-corrected chi connectivity index (χ1v) is 12.3. The van der Waals surface area contributed by atoms with Crippen LogP contribution in [0, 0.1) is 12.3 Å². The number of amides is 1. The van der Waals surface area contributed by atoms with Crippen LogP contribution >= 0.6 is 23.1 Å². The lowest BCUT2D eigenvalue weighted by Crippen LogP contribution is -2.49. The summed E-state index contributed by atoms with van der Waals surface area (Å²) in [6.45, 7) is 4.92. The fraction of sp³-hybridized carbons (Fsp3) is 0.545. The van der Waals surface area contributed by atoms with Crippen molar-refractivity contribution in [3.63, 3.8) is 0 Å². The molecular weight excluding hydrogens is 432 g/mol. The van der Waals surface area contributed by atoms with E-state index in [0.717, 1.165) is 54.8 Å². The molecule has 7 nitrogen and oxygen atoms in total. The Labute approximate surface area is 191 Å².